The Hall–Kier alpha value is -1.36. The minimum Gasteiger partial charge on any atom is -0.478 e. The second-order valence-corrected chi connectivity index (χ2v) is 4.86. The number of carboxylic acids is 1. The maximum Gasteiger partial charge on any atom is 0.335 e. The zero-order chi connectivity index (χ0) is 11.3. The average molecular weight is 281 g/mol. The molecule has 1 aliphatic carbocycles. The highest BCUT2D eigenvalue weighted by Gasteiger charge is 2.26. The van der Waals surface area contributed by atoms with Gasteiger partial charge in [0, 0.05) is 5.92 Å². The number of carbonyl (C=O) groups is 1. The van der Waals surface area contributed by atoms with Gasteiger partial charge in [0.1, 0.15) is 4.60 Å². The molecule has 0 bridgehead atoms. The van der Waals surface area contributed by atoms with Crippen LogP contribution in [0.15, 0.2) is 22.8 Å². The monoisotopic (exact) mass is 280 g/mol. The maximum absolute atomic E-state index is 10.9. The fourth-order valence-corrected chi connectivity index (χ4v) is 2.31. The number of aromatic nitrogens is 2. The smallest absolute Gasteiger partial charge is 0.335 e. The number of pyridine rings is 1. The number of fused-ring (bicyclic) bond motifs is 1. The molecule has 4 nitrogen and oxygen atoms in total. The first-order valence-electron chi connectivity index (χ1n) is 5.07. The largest absolute Gasteiger partial charge is 0.478 e. The summed E-state index contributed by atoms with van der Waals surface area (Å²) in [7, 11) is 0. The lowest BCUT2D eigenvalue weighted by atomic mass is 10.2. The van der Waals surface area contributed by atoms with Gasteiger partial charge in [0.25, 0.3) is 0 Å². The Morgan fingerprint density at radius 3 is 2.81 bits per heavy atom. The predicted octanol–water partition coefficient (Wildman–Crippen LogP) is 2.67. The Labute approximate surface area is 100 Å². The van der Waals surface area contributed by atoms with Gasteiger partial charge in [-0.15, -0.1) is 0 Å². The first-order valence-corrected chi connectivity index (χ1v) is 5.87. The molecule has 16 heavy (non-hydrogen) atoms. The summed E-state index contributed by atoms with van der Waals surface area (Å²) >= 11 is 3.34. The standard InChI is InChI=1S/C11H9BrN2O2/c12-10-4-7(11(15)16)3-8-5-9(6-1-2-6)13-14(8)10/h3-6H,1-2H2,(H,15,16). The van der Waals surface area contributed by atoms with Crippen LogP contribution in [-0.2, 0) is 0 Å². The molecule has 0 aliphatic heterocycles. The van der Waals surface area contributed by atoms with Crippen molar-refractivity contribution >= 4 is 27.4 Å². The fourth-order valence-electron chi connectivity index (χ4n) is 1.78. The molecule has 0 spiro atoms. The van der Waals surface area contributed by atoms with Gasteiger partial charge in [-0.25, -0.2) is 9.31 Å². The van der Waals surface area contributed by atoms with Gasteiger partial charge in [-0.1, -0.05) is 0 Å². The number of hydrogen-bond donors (Lipinski definition) is 1. The van der Waals surface area contributed by atoms with E-state index in [0.717, 1.165) is 11.2 Å². The molecule has 5 heteroatoms. The van der Waals surface area contributed by atoms with Gasteiger partial charge in [0.2, 0.25) is 0 Å². The van der Waals surface area contributed by atoms with Gasteiger partial charge in [-0.3, -0.25) is 0 Å². The Kier molecular flexibility index (Phi) is 2.04. The third kappa shape index (κ3) is 1.51. The van der Waals surface area contributed by atoms with E-state index in [1.807, 2.05) is 6.07 Å². The molecule has 1 fully saturated rings. The minimum atomic E-state index is -0.919. The van der Waals surface area contributed by atoms with Crippen molar-refractivity contribution in [1.82, 2.24) is 9.61 Å². The van der Waals surface area contributed by atoms with Crippen LogP contribution in [0.5, 0.6) is 0 Å². The van der Waals surface area contributed by atoms with Gasteiger partial charge in [0.15, 0.2) is 0 Å². The molecule has 0 radical (unpaired) electrons. The summed E-state index contributed by atoms with van der Waals surface area (Å²) in [6.07, 6.45) is 2.38. The number of halogens is 1. The summed E-state index contributed by atoms with van der Waals surface area (Å²) < 4.78 is 2.41. The summed E-state index contributed by atoms with van der Waals surface area (Å²) in [6, 6.07) is 5.18. The van der Waals surface area contributed by atoms with Crippen molar-refractivity contribution in [2.75, 3.05) is 0 Å². The van der Waals surface area contributed by atoms with Crippen LogP contribution in [0.1, 0.15) is 34.8 Å². The van der Waals surface area contributed by atoms with E-state index in [1.54, 1.807) is 16.6 Å². The first-order chi connectivity index (χ1) is 7.65. The van der Waals surface area contributed by atoms with Crippen LogP contribution in [0.4, 0.5) is 0 Å². The third-order valence-corrected chi connectivity index (χ3v) is 3.34. The van der Waals surface area contributed by atoms with E-state index in [0.29, 0.717) is 10.5 Å². The van der Waals surface area contributed by atoms with E-state index >= 15 is 0 Å². The highest BCUT2D eigenvalue weighted by molar-refractivity contribution is 9.10. The van der Waals surface area contributed by atoms with E-state index in [9.17, 15) is 4.79 Å². The van der Waals surface area contributed by atoms with Gasteiger partial charge < -0.3 is 5.11 Å². The average Bonchev–Trinajstić information content (AvgIpc) is 2.98. The quantitative estimate of drug-likeness (QED) is 0.861. The molecule has 2 heterocycles. The van der Waals surface area contributed by atoms with Crippen molar-refractivity contribution < 1.29 is 9.90 Å². The van der Waals surface area contributed by atoms with Crippen LogP contribution >= 0.6 is 15.9 Å². The Morgan fingerprint density at radius 2 is 2.19 bits per heavy atom. The van der Waals surface area contributed by atoms with Crippen molar-refractivity contribution in [3.8, 4) is 0 Å². The van der Waals surface area contributed by atoms with Crippen molar-refractivity contribution in [1.29, 1.82) is 0 Å². The highest BCUT2D eigenvalue weighted by atomic mass is 79.9. The predicted molar refractivity (Wildman–Crippen MR) is 61.8 cm³/mol. The molecule has 0 saturated heterocycles. The van der Waals surface area contributed by atoms with Gasteiger partial charge in [-0.05, 0) is 47.0 Å². The topological polar surface area (TPSA) is 54.6 Å². The summed E-state index contributed by atoms with van der Waals surface area (Å²) in [5.41, 5.74) is 2.17. The van der Waals surface area contributed by atoms with E-state index in [2.05, 4.69) is 21.0 Å². The van der Waals surface area contributed by atoms with E-state index in [4.69, 9.17) is 5.11 Å². The molecule has 0 atom stereocenters. The maximum atomic E-state index is 10.9. The van der Waals surface area contributed by atoms with Crippen LogP contribution in [0.25, 0.3) is 5.52 Å². The number of nitrogens with zero attached hydrogens (tertiary/aromatic N) is 2. The van der Waals surface area contributed by atoms with Crippen molar-refractivity contribution in [3.05, 3.63) is 34.1 Å². The van der Waals surface area contributed by atoms with Crippen LogP contribution in [-0.4, -0.2) is 20.7 Å². The molecule has 0 aromatic carbocycles. The Balaban J connectivity index is 2.21. The SMILES string of the molecule is O=C(O)c1cc(Br)n2nc(C3CC3)cc2c1. The molecule has 1 N–H and O–H groups in total. The minimum absolute atomic E-state index is 0.279. The van der Waals surface area contributed by atoms with Crippen LogP contribution in [0, 0.1) is 0 Å². The van der Waals surface area contributed by atoms with E-state index in [1.165, 1.54) is 12.8 Å². The number of carboxylic acid groups (broad SMARTS) is 1. The lowest BCUT2D eigenvalue weighted by Crippen LogP contribution is -1.99. The lowest BCUT2D eigenvalue weighted by molar-refractivity contribution is 0.0697. The second-order valence-electron chi connectivity index (χ2n) is 4.05. The Morgan fingerprint density at radius 1 is 1.44 bits per heavy atom. The molecular formula is C11H9BrN2O2. The molecule has 82 valence electrons. The third-order valence-electron chi connectivity index (χ3n) is 2.78. The molecule has 0 unspecified atom stereocenters. The zero-order valence-electron chi connectivity index (χ0n) is 8.35. The Bertz CT molecular complexity index is 587. The number of hydrogen-bond acceptors (Lipinski definition) is 2. The summed E-state index contributed by atoms with van der Waals surface area (Å²) in [4.78, 5) is 10.9. The molecule has 1 aliphatic rings. The molecule has 0 amide bonds. The lowest BCUT2D eigenvalue weighted by Gasteiger charge is -1.99. The number of aromatic carboxylic acids is 1. The molecule has 3 rings (SSSR count). The van der Waals surface area contributed by atoms with Crippen LogP contribution in [0.2, 0.25) is 0 Å². The zero-order valence-corrected chi connectivity index (χ0v) is 9.94. The normalized spacial score (nSPS) is 15.6. The molecule has 2 aromatic heterocycles. The van der Waals surface area contributed by atoms with Crippen molar-refractivity contribution in [2.24, 2.45) is 0 Å². The summed E-state index contributed by atoms with van der Waals surface area (Å²) in [5, 5.41) is 13.4. The van der Waals surface area contributed by atoms with Gasteiger partial charge >= 0.3 is 5.97 Å². The summed E-state index contributed by atoms with van der Waals surface area (Å²) in [5.74, 6) is -0.350. The van der Waals surface area contributed by atoms with Crippen molar-refractivity contribution in [3.63, 3.8) is 0 Å². The molecular weight excluding hydrogens is 272 g/mol. The second kappa shape index (κ2) is 3.31. The van der Waals surface area contributed by atoms with Crippen LogP contribution in [0.3, 0.4) is 0 Å². The van der Waals surface area contributed by atoms with Crippen LogP contribution < -0.4 is 0 Å². The van der Waals surface area contributed by atoms with Crippen molar-refractivity contribution in [2.45, 2.75) is 18.8 Å². The van der Waals surface area contributed by atoms with Gasteiger partial charge in [-0.2, -0.15) is 5.10 Å². The van der Waals surface area contributed by atoms with E-state index in [-0.39, 0.29) is 5.56 Å². The first kappa shape index (κ1) is 9.84. The summed E-state index contributed by atoms with van der Waals surface area (Å²) in [6.45, 7) is 0. The van der Waals surface area contributed by atoms with Gasteiger partial charge in [0.05, 0.1) is 16.8 Å². The highest BCUT2D eigenvalue weighted by Crippen LogP contribution is 2.39. The molecule has 1 saturated carbocycles. The molecule has 2 aromatic rings. The fraction of sp³-hybridized carbons (Fsp3) is 0.273. The number of rotatable bonds is 2. The van der Waals surface area contributed by atoms with E-state index < -0.39 is 5.97 Å².